The molecule has 0 saturated carbocycles. The molecule has 1 aliphatic heterocycles. The highest BCUT2D eigenvalue weighted by Crippen LogP contribution is 2.19. The molecule has 2 heterocycles. The maximum Gasteiger partial charge on any atom is 0.0636 e. The number of hydrogen-bond acceptors (Lipinski definition) is 3. The second kappa shape index (κ2) is 4.92. The van der Waals surface area contributed by atoms with E-state index in [1.165, 1.54) is 11.1 Å². The molecule has 0 aliphatic carbocycles. The molecule has 1 fully saturated rings. The Morgan fingerprint density at radius 3 is 2.80 bits per heavy atom. The summed E-state index contributed by atoms with van der Waals surface area (Å²) in [4.78, 5) is 6.50. The van der Waals surface area contributed by atoms with Crippen LogP contribution in [0.5, 0.6) is 0 Å². The molecule has 0 bridgehead atoms. The van der Waals surface area contributed by atoms with Crippen molar-refractivity contribution in [2.24, 2.45) is 0 Å². The van der Waals surface area contributed by atoms with Crippen LogP contribution in [-0.4, -0.2) is 36.1 Å². The molecule has 0 atom stereocenters. The quantitative estimate of drug-likeness (QED) is 0.826. The van der Waals surface area contributed by atoms with Crippen molar-refractivity contribution in [2.75, 3.05) is 26.2 Å². The van der Waals surface area contributed by atoms with Gasteiger partial charge in [0, 0.05) is 45.1 Å². The summed E-state index contributed by atoms with van der Waals surface area (Å²) in [6, 6.07) is 0. The van der Waals surface area contributed by atoms with Gasteiger partial charge in [0.05, 0.1) is 5.02 Å². The third kappa shape index (κ3) is 2.68. The first kappa shape index (κ1) is 10.9. The van der Waals surface area contributed by atoms with Gasteiger partial charge in [0.25, 0.3) is 0 Å². The van der Waals surface area contributed by atoms with E-state index in [1.54, 1.807) is 6.20 Å². The fourth-order valence-electron chi connectivity index (χ4n) is 1.85. The van der Waals surface area contributed by atoms with Gasteiger partial charge in [0.15, 0.2) is 0 Å². The molecule has 0 radical (unpaired) electrons. The fourth-order valence-corrected chi connectivity index (χ4v) is 2.12. The Labute approximate surface area is 95.4 Å². The summed E-state index contributed by atoms with van der Waals surface area (Å²) in [7, 11) is 0. The van der Waals surface area contributed by atoms with Gasteiger partial charge in [-0.15, -0.1) is 0 Å². The molecule has 1 N–H and O–H groups in total. The second-order valence-electron chi connectivity index (χ2n) is 3.94. The minimum absolute atomic E-state index is 0.786. The minimum Gasteiger partial charge on any atom is -0.314 e. The zero-order chi connectivity index (χ0) is 10.7. The smallest absolute Gasteiger partial charge is 0.0636 e. The van der Waals surface area contributed by atoms with E-state index in [-0.39, 0.29) is 0 Å². The van der Waals surface area contributed by atoms with Crippen LogP contribution < -0.4 is 5.32 Å². The number of nitrogens with zero attached hydrogens (tertiary/aromatic N) is 2. The number of piperazine rings is 1. The summed E-state index contributed by atoms with van der Waals surface area (Å²) in [6.45, 7) is 7.34. The van der Waals surface area contributed by atoms with Crippen molar-refractivity contribution in [1.82, 2.24) is 15.2 Å². The third-order valence-corrected chi connectivity index (χ3v) is 3.14. The van der Waals surface area contributed by atoms with Crippen LogP contribution in [0.15, 0.2) is 12.4 Å². The molecule has 15 heavy (non-hydrogen) atoms. The second-order valence-corrected chi connectivity index (χ2v) is 4.35. The predicted molar refractivity (Wildman–Crippen MR) is 62.1 cm³/mol. The molecule has 0 aromatic carbocycles. The van der Waals surface area contributed by atoms with Crippen molar-refractivity contribution in [1.29, 1.82) is 0 Å². The van der Waals surface area contributed by atoms with E-state index < -0.39 is 0 Å². The minimum atomic E-state index is 0.786. The topological polar surface area (TPSA) is 28.2 Å². The number of pyridine rings is 1. The van der Waals surface area contributed by atoms with Crippen LogP contribution in [0.2, 0.25) is 5.02 Å². The van der Waals surface area contributed by atoms with Gasteiger partial charge >= 0.3 is 0 Å². The van der Waals surface area contributed by atoms with E-state index in [0.29, 0.717) is 0 Å². The van der Waals surface area contributed by atoms with E-state index in [4.69, 9.17) is 11.6 Å². The zero-order valence-electron chi connectivity index (χ0n) is 8.96. The Morgan fingerprint density at radius 1 is 1.40 bits per heavy atom. The van der Waals surface area contributed by atoms with Crippen molar-refractivity contribution in [3.05, 3.63) is 28.5 Å². The number of aromatic nitrogens is 1. The number of aryl methyl sites for hydroxylation is 1. The molecule has 1 aromatic heterocycles. The monoisotopic (exact) mass is 225 g/mol. The standard InChI is InChI=1S/C11H16ClN3/c1-9-6-14-7-11(12)10(9)8-15-4-2-13-3-5-15/h6-7,13H,2-5,8H2,1H3. The first-order valence-corrected chi connectivity index (χ1v) is 5.67. The van der Waals surface area contributed by atoms with Gasteiger partial charge in [0.1, 0.15) is 0 Å². The van der Waals surface area contributed by atoms with Crippen LogP contribution in [0, 0.1) is 6.92 Å². The van der Waals surface area contributed by atoms with E-state index in [9.17, 15) is 0 Å². The lowest BCUT2D eigenvalue weighted by Gasteiger charge is -2.27. The lowest BCUT2D eigenvalue weighted by atomic mass is 10.1. The van der Waals surface area contributed by atoms with E-state index in [2.05, 4.69) is 22.1 Å². The molecule has 82 valence electrons. The van der Waals surface area contributed by atoms with Gasteiger partial charge in [-0.05, 0) is 18.1 Å². The van der Waals surface area contributed by atoms with Gasteiger partial charge in [-0.25, -0.2) is 0 Å². The van der Waals surface area contributed by atoms with Crippen LogP contribution in [0.4, 0.5) is 0 Å². The molecule has 0 spiro atoms. The molecule has 0 unspecified atom stereocenters. The average molecular weight is 226 g/mol. The van der Waals surface area contributed by atoms with E-state index in [1.807, 2.05) is 6.20 Å². The van der Waals surface area contributed by atoms with Gasteiger partial charge in [-0.3, -0.25) is 9.88 Å². The first-order chi connectivity index (χ1) is 7.27. The number of hydrogen-bond donors (Lipinski definition) is 1. The molecule has 1 aliphatic rings. The third-order valence-electron chi connectivity index (χ3n) is 2.81. The normalized spacial score (nSPS) is 18.0. The summed E-state index contributed by atoms with van der Waals surface area (Å²) in [5.41, 5.74) is 2.40. The maximum absolute atomic E-state index is 6.14. The lowest BCUT2D eigenvalue weighted by molar-refractivity contribution is 0.233. The molecular formula is C11H16ClN3. The molecule has 3 nitrogen and oxygen atoms in total. The van der Waals surface area contributed by atoms with Crippen LogP contribution in [-0.2, 0) is 6.54 Å². The van der Waals surface area contributed by atoms with Gasteiger partial charge < -0.3 is 5.32 Å². The Morgan fingerprint density at radius 2 is 2.13 bits per heavy atom. The summed E-state index contributed by atoms with van der Waals surface area (Å²) in [5.74, 6) is 0. The SMILES string of the molecule is Cc1cncc(Cl)c1CN1CCNCC1. The zero-order valence-corrected chi connectivity index (χ0v) is 9.72. The predicted octanol–water partition coefficient (Wildman–Crippen LogP) is 1.45. The Kier molecular flexibility index (Phi) is 3.57. The van der Waals surface area contributed by atoms with Crippen LogP contribution in [0.3, 0.4) is 0 Å². The Balaban J connectivity index is 2.09. The van der Waals surface area contributed by atoms with Gasteiger partial charge in [0.2, 0.25) is 0 Å². The largest absolute Gasteiger partial charge is 0.314 e. The highest BCUT2D eigenvalue weighted by molar-refractivity contribution is 6.31. The molecular weight excluding hydrogens is 210 g/mol. The summed E-state index contributed by atoms with van der Waals surface area (Å²) >= 11 is 6.14. The van der Waals surface area contributed by atoms with Crippen molar-refractivity contribution in [3.63, 3.8) is 0 Å². The van der Waals surface area contributed by atoms with Crippen LogP contribution >= 0.6 is 11.6 Å². The first-order valence-electron chi connectivity index (χ1n) is 5.29. The van der Waals surface area contributed by atoms with Crippen molar-refractivity contribution in [3.8, 4) is 0 Å². The lowest BCUT2D eigenvalue weighted by Crippen LogP contribution is -2.43. The van der Waals surface area contributed by atoms with E-state index >= 15 is 0 Å². The van der Waals surface area contributed by atoms with Crippen molar-refractivity contribution in [2.45, 2.75) is 13.5 Å². The molecule has 1 saturated heterocycles. The fraction of sp³-hybridized carbons (Fsp3) is 0.545. The number of halogens is 1. The molecule has 1 aromatic rings. The maximum atomic E-state index is 6.14. The highest BCUT2D eigenvalue weighted by Gasteiger charge is 2.13. The Bertz CT molecular complexity index is 314. The molecule has 0 amide bonds. The Hall–Kier alpha value is -0.640. The molecule has 2 rings (SSSR count). The summed E-state index contributed by atoms with van der Waals surface area (Å²) in [6.07, 6.45) is 3.61. The van der Waals surface area contributed by atoms with Gasteiger partial charge in [-0.2, -0.15) is 0 Å². The van der Waals surface area contributed by atoms with Gasteiger partial charge in [-0.1, -0.05) is 11.6 Å². The van der Waals surface area contributed by atoms with Crippen molar-refractivity contribution < 1.29 is 0 Å². The number of nitrogens with one attached hydrogen (secondary N) is 1. The van der Waals surface area contributed by atoms with Crippen LogP contribution in [0.25, 0.3) is 0 Å². The van der Waals surface area contributed by atoms with E-state index in [0.717, 1.165) is 37.7 Å². The molecule has 4 heteroatoms. The van der Waals surface area contributed by atoms with Crippen LogP contribution in [0.1, 0.15) is 11.1 Å². The summed E-state index contributed by atoms with van der Waals surface area (Å²) < 4.78 is 0. The van der Waals surface area contributed by atoms with Crippen molar-refractivity contribution >= 4 is 11.6 Å². The highest BCUT2D eigenvalue weighted by atomic mass is 35.5. The number of rotatable bonds is 2. The summed E-state index contributed by atoms with van der Waals surface area (Å²) in [5, 5.41) is 4.13. The average Bonchev–Trinajstić information content (AvgIpc) is 2.25.